The summed E-state index contributed by atoms with van der Waals surface area (Å²) in [6.45, 7) is 2.83. The Morgan fingerprint density at radius 3 is 2.05 bits per heavy atom. The second-order valence-electron chi connectivity index (χ2n) is 4.81. The van der Waals surface area contributed by atoms with Crippen molar-refractivity contribution >= 4 is 0 Å². The Morgan fingerprint density at radius 1 is 0.850 bits per heavy atom. The standard InChI is InChI=1S/C15H10F4O/c1-7-3-5-9-10-6-4-8(2)13(17)14(10)20-15(18,19)11(9)12(7)16/h3-6H,1-2H3. The summed E-state index contributed by atoms with van der Waals surface area (Å²) < 4.78 is 60.4. The minimum absolute atomic E-state index is 0.0433. The molecule has 0 fully saturated rings. The molecule has 1 aliphatic rings. The number of fused-ring (bicyclic) bond motifs is 3. The van der Waals surface area contributed by atoms with Crippen LogP contribution in [0.3, 0.4) is 0 Å². The molecular formula is C15H10F4O. The van der Waals surface area contributed by atoms with Gasteiger partial charge in [-0.3, -0.25) is 0 Å². The lowest BCUT2D eigenvalue weighted by atomic mass is 9.92. The minimum atomic E-state index is -3.90. The molecule has 0 unspecified atom stereocenters. The van der Waals surface area contributed by atoms with Gasteiger partial charge in [-0.2, -0.15) is 8.78 Å². The van der Waals surface area contributed by atoms with Crippen molar-refractivity contribution in [3.63, 3.8) is 0 Å². The zero-order valence-corrected chi connectivity index (χ0v) is 10.7. The van der Waals surface area contributed by atoms with Crippen molar-refractivity contribution < 1.29 is 22.3 Å². The predicted octanol–water partition coefficient (Wildman–Crippen LogP) is 4.69. The molecule has 1 aliphatic heterocycles. The van der Waals surface area contributed by atoms with Crippen LogP contribution in [0.1, 0.15) is 16.7 Å². The minimum Gasteiger partial charge on any atom is -0.425 e. The van der Waals surface area contributed by atoms with E-state index in [0.717, 1.165) is 0 Å². The van der Waals surface area contributed by atoms with Gasteiger partial charge in [0.05, 0.1) is 0 Å². The molecule has 0 aliphatic carbocycles. The van der Waals surface area contributed by atoms with Crippen LogP contribution in [0.4, 0.5) is 17.6 Å². The number of benzene rings is 2. The van der Waals surface area contributed by atoms with Gasteiger partial charge in [0.1, 0.15) is 11.4 Å². The smallest absolute Gasteiger partial charge is 0.425 e. The van der Waals surface area contributed by atoms with Crippen molar-refractivity contribution in [3.05, 3.63) is 52.6 Å². The Bertz CT molecular complexity index is 722. The number of halogens is 4. The number of hydrogen-bond acceptors (Lipinski definition) is 1. The van der Waals surface area contributed by atoms with Crippen molar-refractivity contribution in [2.75, 3.05) is 0 Å². The van der Waals surface area contributed by atoms with Gasteiger partial charge in [-0.05, 0) is 25.0 Å². The highest BCUT2D eigenvalue weighted by atomic mass is 19.3. The van der Waals surface area contributed by atoms with Gasteiger partial charge in [0, 0.05) is 11.1 Å². The van der Waals surface area contributed by atoms with Crippen molar-refractivity contribution in [3.8, 4) is 16.9 Å². The van der Waals surface area contributed by atoms with Crippen LogP contribution < -0.4 is 4.74 Å². The Hall–Kier alpha value is -2.04. The van der Waals surface area contributed by atoms with Gasteiger partial charge in [-0.15, -0.1) is 0 Å². The molecule has 0 saturated heterocycles. The lowest BCUT2D eigenvalue weighted by Crippen LogP contribution is -2.29. The monoisotopic (exact) mass is 282 g/mol. The second kappa shape index (κ2) is 3.98. The molecule has 0 amide bonds. The maximum atomic E-state index is 14.0. The van der Waals surface area contributed by atoms with Gasteiger partial charge in [-0.1, -0.05) is 24.3 Å². The first-order valence-corrected chi connectivity index (χ1v) is 5.99. The molecule has 0 bridgehead atoms. The molecule has 3 rings (SSSR count). The molecule has 5 heteroatoms. The van der Waals surface area contributed by atoms with Crippen molar-refractivity contribution in [2.24, 2.45) is 0 Å². The van der Waals surface area contributed by atoms with Gasteiger partial charge in [0.2, 0.25) is 0 Å². The third-order valence-electron chi connectivity index (χ3n) is 3.44. The zero-order chi connectivity index (χ0) is 14.7. The van der Waals surface area contributed by atoms with E-state index in [4.69, 9.17) is 0 Å². The average molecular weight is 282 g/mol. The topological polar surface area (TPSA) is 9.23 Å². The Morgan fingerprint density at radius 2 is 1.40 bits per heavy atom. The summed E-state index contributed by atoms with van der Waals surface area (Å²) >= 11 is 0. The maximum Gasteiger partial charge on any atom is 0.430 e. The van der Waals surface area contributed by atoms with E-state index in [9.17, 15) is 17.6 Å². The first-order valence-electron chi connectivity index (χ1n) is 5.99. The third kappa shape index (κ3) is 1.62. The summed E-state index contributed by atoms with van der Waals surface area (Å²) in [6, 6.07) is 5.65. The van der Waals surface area contributed by atoms with E-state index in [0.29, 0.717) is 0 Å². The lowest BCUT2D eigenvalue weighted by molar-refractivity contribution is -0.190. The summed E-state index contributed by atoms with van der Waals surface area (Å²) in [7, 11) is 0. The summed E-state index contributed by atoms with van der Waals surface area (Å²) in [5.41, 5.74) is -0.474. The van der Waals surface area contributed by atoms with E-state index in [2.05, 4.69) is 4.74 Å². The number of ether oxygens (including phenoxy) is 1. The Labute approximate surface area is 112 Å². The molecule has 20 heavy (non-hydrogen) atoms. The van der Waals surface area contributed by atoms with Crippen molar-refractivity contribution in [2.45, 2.75) is 20.0 Å². The zero-order valence-electron chi connectivity index (χ0n) is 10.7. The number of aryl methyl sites for hydroxylation is 2. The molecule has 0 N–H and O–H groups in total. The SMILES string of the molecule is Cc1ccc2c(c1F)OC(F)(F)c1c-2ccc(C)c1F. The molecule has 1 heterocycles. The number of rotatable bonds is 0. The van der Waals surface area contributed by atoms with Crippen LogP contribution in [0, 0.1) is 25.5 Å². The van der Waals surface area contributed by atoms with Gasteiger partial charge in [0.15, 0.2) is 11.6 Å². The first kappa shape index (κ1) is 13.0. The van der Waals surface area contributed by atoms with E-state index < -0.39 is 29.1 Å². The van der Waals surface area contributed by atoms with Gasteiger partial charge in [-0.25, -0.2) is 8.78 Å². The van der Waals surface area contributed by atoms with Crippen LogP contribution in [-0.2, 0) is 6.11 Å². The molecule has 0 atom stereocenters. The molecule has 2 aromatic rings. The fourth-order valence-corrected chi connectivity index (χ4v) is 2.33. The van der Waals surface area contributed by atoms with E-state index in [-0.39, 0.29) is 22.3 Å². The van der Waals surface area contributed by atoms with Gasteiger partial charge < -0.3 is 4.74 Å². The van der Waals surface area contributed by atoms with Gasteiger partial charge in [0.25, 0.3) is 0 Å². The molecular weight excluding hydrogens is 272 g/mol. The number of alkyl halides is 2. The van der Waals surface area contributed by atoms with E-state index in [1.165, 1.54) is 38.1 Å². The predicted molar refractivity (Wildman–Crippen MR) is 65.8 cm³/mol. The van der Waals surface area contributed by atoms with Crippen molar-refractivity contribution in [1.82, 2.24) is 0 Å². The van der Waals surface area contributed by atoms with Crippen molar-refractivity contribution in [1.29, 1.82) is 0 Å². The highest BCUT2D eigenvalue weighted by molar-refractivity contribution is 5.77. The fraction of sp³-hybridized carbons (Fsp3) is 0.200. The van der Waals surface area contributed by atoms with E-state index >= 15 is 0 Å². The summed E-state index contributed by atoms with van der Waals surface area (Å²) in [5.74, 6) is -2.42. The van der Waals surface area contributed by atoms with Crippen LogP contribution in [0.5, 0.6) is 5.75 Å². The molecule has 2 aromatic carbocycles. The van der Waals surface area contributed by atoms with Crippen LogP contribution >= 0.6 is 0 Å². The maximum absolute atomic E-state index is 14.0. The summed E-state index contributed by atoms with van der Waals surface area (Å²) in [4.78, 5) is 0. The highest BCUT2D eigenvalue weighted by Gasteiger charge is 2.46. The Balaban J connectivity index is 2.40. The molecule has 104 valence electrons. The second-order valence-corrected chi connectivity index (χ2v) is 4.81. The molecule has 0 saturated carbocycles. The van der Waals surface area contributed by atoms with Crippen LogP contribution in [0.15, 0.2) is 24.3 Å². The molecule has 1 nitrogen and oxygen atoms in total. The van der Waals surface area contributed by atoms with Gasteiger partial charge >= 0.3 is 6.11 Å². The van der Waals surface area contributed by atoms with Crippen LogP contribution in [0.2, 0.25) is 0 Å². The van der Waals surface area contributed by atoms with Crippen LogP contribution in [0.25, 0.3) is 11.1 Å². The highest BCUT2D eigenvalue weighted by Crippen LogP contribution is 2.49. The summed E-state index contributed by atoms with van der Waals surface area (Å²) in [5, 5.41) is 0. The normalized spacial score (nSPS) is 15.3. The quantitative estimate of drug-likeness (QED) is 0.637. The van der Waals surface area contributed by atoms with Crippen LogP contribution in [-0.4, -0.2) is 0 Å². The van der Waals surface area contributed by atoms with E-state index in [1.54, 1.807) is 0 Å². The lowest BCUT2D eigenvalue weighted by Gasteiger charge is -2.29. The first-order chi connectivity index (χ1) is 9.33. The third-order valence-corrected chi connectivity index (χ3v) is 3.44. The largest absolute Gasteiger partial charge is 0.430 e. The average Bonchev–Trinajstić information content (AvgIpc) is 2.38. The molecule has 0 spiro atoms. The Kier molecular flexibility index (Phi) is 2.58. The molecule has 0 aromatic heterocycles. The fourth-order valence-electron chi connectivity index (χ4n) is 2.33. The van der Waals surface area contributed by atoms with E-state index in [1.807, 2.05) is 0 Å². The molecule has 0 radical (unpaired) electrons. The number of hydrogen-bond donors (Lipinski definition) is 0. The summed E-state index contributed by atoms with van der Waals surface area (Å²) in [6.07, 6.45) is -3.90.